The Morgan fingerprint density at radius 1 is 1.00 bits per heavy atom. The highest BCUT2D eigenvalue weighted by molar-refractivity contribution is 9.10. The second kappa shape index (κ2) is 7.51. The normalized spacial score (nSPS) is 24.2. The minimum absolute atomic E-state index is 0.186. The third-order valence-electron chi connectivity index (χ3n) is 5.58. The summed E-state index contributed by atoms with van der Waals surface area (Å²) in [6.07, 6.45) is 2.41. The molecule has 3 atom stereocenters. The second-order valence-corrected chi connectivity index (χ2v) is 8.42. The highest BCUT2D eigenvalue weighted by Gasteiger charge is 2.50. The molecule has 1 saturated carbocycles. The molecule has 0 radical (unpaired) electrons. The maximum absolute atomic E-state index is 13.0. The van der Waals surface area contributed by atoms with Crippen LogP contribution in [-0.2, 0) is 9.59 Å². The Balaban J connectivity index is 1.63. The van der Waals surface area contributed by atoms with Gasteiger partial charge in [0, 0.05) is 4.47 Å². The van der Waals surface area contributed by atoms with Crippen LogP contribution in [0.15, 0.2) is 53.0 Å². The largest absolute Gasteiger partial charge is 0.421 e. The van der Waals surface area contributed by atoms with Crippen molar-refractivity contribution in [3.8, 4) is 5.75 Å². The lowest BCUT2D eigenvalue weighted by molar-refractivity contribution is -0.122. The van der Waals surface area contributed by atoms with Crippen molar-refractivity contribution in [3.63, 3.8) is 0 Å². The van der Waals surface area contributed by atoms with E-state index >= 15 is 0 Å². The predicted molar refractivity (Wildman–Crippen MR) is 108 cm³/mol. The summed E-state index contributed by atoms with van der Waals surface area (Å²) in [4.78, 5) is 39.7. The number of nitrogens with zero attached hydrogens (tertiary/aromatic N) is 1. The van der Waals surface area contributed by atoms with E-state index in [4.69, 9.17) is 4.74 Å². The van der Waals surface area contributed by atoms with Crippen molar-refractivity contribution in [1.29, 1.82) is 0 Å². The number of para-hydroxylation sites is 2. The molecule has 2 aliphatic rings. The quantitative estimate of drug-likeness (QED) is 0.396. The third kappa shape index (κ3) is 3.37. The van der Waals surface area contributed by atoms with Gasteiger partial charge in [0.25, 0.3) is 0 Å². The Labute approximate surface area is 171 Å². The number of rotatable bonds is 3. The van der Waals surface area contributed by atoms with Gasteiger partial charge in [0.05, 0.1) is 23.1 Å². The van der Waals surface area contributed by atoms with Gasteiger partial charge in [-0.05, 0) is 61.6 Å². The minimum Gasteiger partial charge on any atom is -0.421 e. The van der Waals surface area contributed by atoms with Crippen LogP contribution in [0.25, 0.3) is 0 Å². The molecule has 1 aliphatic heterocycles. The lowest BCUT2D eigenvalue weighted by Gasteiger charge is -2.25. The summed E-state index contributed by atoms with van der Waals surface area (Å²) in [7, 11) is 0. The molecule has 2 fully saturated rings. The SMILES string of the molecule is C[C@@H]1CC[C@@H]2C(=O)N(c3ccccc3OC(=O)c3ccc(Br)cc3)C(=O)[C@@H]2C1. The van der Waals surface area contributed by atoms with Crippen LogP contribution in [0, 0.1) is 17.8 Å². The minimum atomic E-state index is -0.537. The van der Waals surface area contributed by atoms with Crippen LogP contribution in [0.3, 0.4) is 0 Å². The molecule has 144 valence electrons. The molecular weight excluding hydrogens is 422 g/mol. The molecule has 0 unspecified atom stereocenters. The fourth-order valence-electron chi connectivity index (χ4n) is 4.10. The fraction of sp³-hybridized carbons (Fsp3) is 0.318. The van der Waals surface area contributed by atoms with Crippen LogP contribution in [0.4, 0.5) is 5.69 Å². The second-order valence-electron chi connectivity index (χ2n) is 7.51. The summed E-state index contributed by atoms with van der Waals surface area (Å²) in [5.41, 5.74) is 0.726. The van der Waals surface area contributed by atoms with Crippen LogP contribution in [-0.4, -0.2) is 17.8 Å². The van der Waals surface area contributed by atoms with Gasteiger partial charge >= 0.3 is 5.97 Å². The summed E-state index contributed by atoms with van der Waals surface area (Å²) in [5, 5.41) is 0. The molecule has 1 heterocycles. The van der Waals surface area contributed by atoms with E-state index in [1.807, 2.05) is 0 Å². The van der Waals surface area contributed by atoms with Crippen molar-refractivity contribution in [1.82, 2.24) is 0 Å². The number of ether oxygens (including phenoxy) is 1. The number of fused-ring (bicyclic) bond motifs is 1. The Kier molecular flexibility index (Phi) is 5.06. The number of carbonyl (C=O) groups excluding carboxylic acids is 3. The van der Waals surface area contributed by atoms with Gasteiger partial charge in [0.2, 0.25) is 11.8 Å². The zero-order chi connectivity index (χ0) is 19.8. The van der Waals surface area contributed by atoms with Crippen molar-refractivity contribution in [2.24, 2.45) is 17.8 Å². The van der Waals surface area contributed by atoms with Crippen molar-refractivity contribution >= 4 is 39.4 Å². The Bertz CT molecular complexity index is 940. The zero-order valence-corrected chi connectivity index (χ0v) is 17.0. The molecule has 0 N–H and O–H groups in total. The smallest absolute Gasteiger partial charge is 0.343 e. The van der Waals surface area contributed by atoms with Crippen molar-refractivity contribution < 1.29 is 19.1 Å². The molecule has 0 bridgehead atoms. The maximum Gasteiger partial charge on any atom is 0.343 e. The van der Waals surface area contributed by atoms with E-state index in [2.05, 4.69) is 22.9 Å². The van der Waals surface area contributed by atoms with Gasteiger partial charge < -0.3 is 4.74 Å². The van der Waals surface area contributed by atoms with Gasteiger partial charge in [0.15, 0.2) is 5.75 Å². The summed E-state index contributed by atoms with van der Waals surface area (Å²) >= 11 is 3.33. The number of hydrogen-bond acceptors (Lipinski definition) is 4. The molecule has 2 aromatic carbocycles. The van der Waals surface area contributed by atoms with Gasteiger partial charge in [-0.15, -0.1) is 0 Å². The first-order valence-corrected chi connectivity index (χ1v) is 10.2. The first-order chi connectivity index (χ1) is 13.5. The molecule has 4 rings (SSSR count). The van der Waals surface area contributed by atoms with E-state index in [-0.39, 0.29) is 29.4 Å². The zero-order valence-electron chi connectivity index (χ0n) is 15.4. The lowest BCUT2D eigenvalue weighted by Crippen LogP contribution is -2.31. The number of anilines is 1. The highest BCUT2D eigenvalue weighted by atomic mass is 79.9. The van der Waals surface area contributed by atoms with E-state index in [0.29, 0.717) is 17.2 Å². The number of imide groups is 1. The first-order valence-electron chi connectivity index (χ1n) is 9.40. The van der Waals surface area contributed by atoms with Crippen molar-refractivity contribution in [2.75, 3.05) is 4.90 Å². The number of halogens is 1. The number of carbonyl (C=O) groups is 3. The van der Waals surface area contributed by atoms with Crippen LogP contribution in [0.1, 0.15) is 36.5 Å². The molecule has 5 nitrogen and oxygen atoms in total. The Hall–Kier alpha value is -2.47. The molecule has 0 spiro atoms. The molecule has 2 aromatic rings. The van der Waals surface area contributed by atoms with Crippen LogP contribution in [0.2, 0.25) is 0 Å². The van der Waals surface area contributed by atoms with Gasteiger partial charge in [-0.2, -0.15) is 0 Å². The van der Waals surface area contributed by atoms with E-state index < -0.39 is 5.97 Å². The molecule has 6 heteroatoms. The highest BCUT2D eigenvalue weighted by Crippen LogP contribution is 2.44. The maximum atomic E-state index is 13.0. The van der Waals surface area contributed by atoms with E-state index in [0.717, 1.165) is 23.7 Å². The van der Waals surface area contributed by atoms with E-state index in [9.17, 15) is 14.4 Å². The van der Waals surface area contributed by atoms with Gasteiger partial charge in [-0.3, -0.25) is 9.59 Å². The van der Waals surface area contributed by atoms with Gasteiger partial charge in [-0.1, -0.05) is 35.0 Å². The Morgan fingerprint density at radius 3 is 2.43 bits per heavy atom. The predicted octanol–water partition coefficient (Wildman–Crippen LogP) is 4.59. The molecule has 1 aliphatic carbocycles. The molecule has 1 saturated heterocycles. The van der Waals surface area contributed by atoms with Crippen LogP contribution < -0.4 is 9.64 Å². The van der Waals surface area contributed by atoms with Gasteiger partial charge in [0.1, 0.15) is 0 Å². The van der Waals surface area contributed by atoms with E-state index in [1.165, 1.54) is 4.90 Å². The molecular formula is C22H20BrNO4. The lowest BCUT2D eigenvalue weighted by atomic mass is 9.76. The van der Waals surface area contributed by atoms with Crippen molar-refractivity contribution in [2.45, 2.75) is 26.2 Å². The summed E-state index contributed by atoms with van der Waals surface area (Å²) in [6.45, 7) is 2.12. The third-order valence-corrected chi connectivity index (χ3v) is 6.11. The Morgan fingerprint density at radius 2 is 1.68 bits per heavy atom. The molecule has 2 amide bonds. The van der Waals surface area contributed by atoms with Gasteiger partial charge in [-0.25, -0.2) is 9.69 Å². The molecule has 0 aromatic heterocycles. The number of esters is 1. The topological polar surface area (TPSA) is 63.7 Å². The average molecular weight is 442 g/mol. The first kappa shape index (κ1) is 18.9. The standard InChI is InChI=1S/C22H20BrNO4/c1-13-6-11-16-17(12-13)21(26)24(20(16)25)18-4-2-3-5-19(18)28-22(27)14-7-9-15(23)10-8-14/h2-5,7-10,13,16-17H,6,11-12H2,1H3/t13-,16+,17-/m1/s1. The number of amides is 2. The number of benzene rings is 2. The van der Waals surface area contributed by atoms with Crippen LogP contribution >= 0.6 is 15.9 Å². The van der Waals surface area contributed by atoms with E-state index in [1.54, 1.807) is 48.5 Å². The monoisotopic (exact) mass is 441 g/mol. The fourth-order valence-corrected chi connectivity index (χ4v) is 4.36. The summed E-state index contributed by atoms with van der Waals surface area (Å²) in [6, 6.07) is 13.5. The summed E-state index contributed by atoms with van der Waals surface area (Å²) < 4.78 is 6.41. The van der Waals surface area contributed by atoms with Crippen LogP contribution in [0.5, 0.6) is 5.75 Å². The summed E-state index contributed by atoms with van der Waals surface area (Å²) in [5.74, 6) is -0.800. The molecule has 28 heavy (non-hydrogen) atoms. The number of hydrogen-bond donors (Lipinski definition) is 0. The van der Waals surface area contributed by atoms with Crippen molar-refractivity contribution in [3.05, 3.63) is 58.6 Å². The average Bonchev–Trinajstić information content (AvgIpc) is 2.93.